The molecule has 0 fully saturated rings. The minimum atomic E-state index is 0.355. The van der Waals surface area contributed by atoms with Gasteiger partial charge in [0, 0.05) is 40.0 Å². The van der Waals surface area contributed by atoms with Gasteiger partial charge in [0.2, 0.25) is 0 Å². The number of thiazole rings is 1. The number of aryl methyl sites for hydroxylation is 1. The van der Waals surface area contributed by atoms with E-state index in [0.717, 1.165) is 17.1 Å². The molecular weight excluding hydrogens is 262 g/mol. The Morgan fingerprint density at radius 3 is 3.00 bits per heavy atom. The van der Waals surface area contributed by atoms with Crippen LogP contribution in [0.5, 0.6) is 0 Å². The molecule has 3 nitrogen and oxygen atoms in total. The van der Waals surface area contributed by atoms with E-state index in [0.29, 0.717) is 6.04 Å². The number of hydrogen-bond donors (Lipinski definition) is 1. The van der Waals surface area contributed by atoms with Crippen LogP contribution in [0.3, 0.4) is 0 Å². The highest BCUT2D eigenvalue weighted by Crippen LogP contribution is 2.25. The van der Waals surface area contributed by atoms with E-state index in [2.05, 4.69) is 51.5 Å². The van der Waals surface area contributed by atoms with Crippen molar-refractivity contribution in [3.05, 3.63) is 45.4 Å². The molecule has 1 atom stereocenters. The van der Waals surface area contributed by atoms with Crippen LogP contribution in [-0.4, -0.2) is 16.4 Å². The van der Waals surface area contributed by atoms with Crippen molar-refractivity contribution in [2.24, 2.45) is 0 Å². The lowest BCUT2D eigenvalue weighted by atomic mass is 10.1. The molecule has 94 valence electrons. The number of nitrogens with zero attached hydrogens (tertiary/aromatic N) is 2. The molecule has 1 unspecified atom stereocenters. The first kappa shape index (κ1) is 11.9. The lowest BCUT2D eigenvalue weighted by Gasteiger charge is -2.12. The normalized spacial score (nSPS) is 13.2. The second kappa shape index (κ2) is 4.84. The molecule has 0 aliphatic carbocycles. The fourth-order valence-corrected chi connectivity index (χ4v) is 3.78. The van der Waals surface area contributed by atoms with Gasteiger partial charge in [0.1, 0.15) is 0 Å². The molecule has 5 heteroatoms. The van der Waals surface area contributed by atoms with Gasteiger partial charge in [-0.1, -0.05) is 0 Å². The summed E-state index contributed by atoms with van der Waals surface area (Å²) >= 11 is 3.53. The Hall–Kier alpha value is -1.17. The Labute approximate surface area is 114 Å². The SMILES string of the molecule is CNC(Cc1cn2ccsc2n1)c1ccc(C)s1. The second-order valence-corrected chi connectivity index (χ2v) is 6.51. The zero-order valence-electron chi connectivity index (χ0n) is 10.4. The Balaban J connectivity index is 1.83. The van der Waals surface area contributed by atoms with E-state index < -0.39 is 0 Å². The zero-order valence-corrected chi connectivity index (χ0v) is 12.0. The van der Waals surface area contributed by atoms with Crippen LogP contribution in [0.2, 0.25) is 0 Å². The van der Waals surface area contributed by atoms with Crippen LogP contribution in [0.4, 0.5) is 0 Å². The molecule has 0 aromatic carbocycles. The van der Waals surface area contributed by atoms with E-state index in [1.54, 1.807) is 11.3 Å². The fraction of sp³-hybridized carbons (Fsp3) is 0.308. The molecule has 0 bridgehead atoms. The Bertz CT molecular complexity index is 621. The predicted molar refractivity (Wildman–Crippen MR) is 77.6 cm³/mol. The molecule has 3 aromatic heterocycles. The number of imidazole rings is 1. The quantitative estimate of drug-likeness (QED) is 0.793. The first-order valence-corrected chi connectivity index (χ1v) is 7.60. The summed E-state index contributed by atoms with van der Waals surface area (Å²) in [4.78, 5) is 8.45. The van der Waals surface area contributed by atoms with E-state index >= 15 is 0 Å². The fourth-order valence-electron chi connectivity index (χ4n) is 2.07. The number of rotatable bonds is 4. The summed E-state index contributed by atoms with van der Waals surface area (Å²) in [5.74, 6) is 0. The molecule has 0 aliphatic heterocycles. The summed E-state index contributed by atoms with van der Waals surface area (Å²) < 4.78 is 2.09. The van der Waals surface area contributed by atoms with Crippen LogP contribution >= 0.6 is 22.7 Å². The minimum absolute atomic E-state index is 0.355. The molecule has 0 radical (unpaired) electrons. The maximum absolute atomic E-state index is 4.64. The topological polar surface area (TPSA) is 29.3 Å². The molecule has 1 N–H and O–H groups in total. The highest BCUT2D eigenvalue weighted by Gasteiger charge is 2.14. The van der Waals surface area contributed by atoms with E-state index in [-0.39, 0.29) is 0 Å². The van der Waals surface area contributed by atoms with Crippen LogP contribution in [0.1, 0.15) is 21.5 Å². The molecule has 0 saturated carbocycles. The number of fused-ring (bicyclic) bond motifs is 1. The summed E-state index contributed by atoms with van der Waals surface area (Å²) in [6, 6.07) is 4.74. The van der Waals surface area contributed by atoms with Gasteiger partial charge in [-0.15, -0.1) is 22.7 Å². The van der Waals surface area contributed by atoms with Crippen molar-refractivity contribution in [3.63, 3.8) is 0 Å². The molecule has 0 saturated heterocycles. The molecule has 18 heavy (non-hydrogen) atoms. The number of aromatic nitrogens is 2. The third kappa shape index (κ3) is 2.21. The van der Waals surface area contributed by atoms with Gasteiger partial charge in [-0.3, -0.25) is 4.40 Å². The van der Waals surface area contributed by atoms with Gasteiger partial charge in [0.15, 0.2) is 4.96 Å². The maximum Gasteiger partial charge on any atom is 0.193 e. The van der Waals surface area contributed by atoms with Gasteiger partial charge in [-0.05, 0) is 26.1 Å². The summed E-state index contributed by atoms with van der Waals surface area (Å²) in [6.45, 7) is 2.15. The second-order valence-electron chi connectivity index (χ2n) is 4.32. The lowest BCUT2D eigenvalue weighted by molar-refractivity contribution is 0.596. The Morgan fingerprint density at radius 2 is 2.33 bits per heavy atom. The van der Waals surface area contributed by atoms with Gasteiger partial charge in [0.05, 0.1) is 5.69 Å². The number of likely N-dealkylation sites (N-methyl/N-ethyl adjacent to an activating group) is 1. The number of thiophene rings is 1. The first-order chi connectivity index (χ1) is 8.76. The van der Waals surface area contributed by atoms with Crippen molar-refractivity contribution in [1.82, 2.24) is 14.7 Å². The zero-order chi connectivity index (χ0) is 12.5. The van der Waals surface area contributed by atoms with Gasteiger partial charge in [-0.2, -0.15) is 0 Å². The Morgan fingerprint density at radius 1 is 1.44 bits per heavy atom. The van der Waals surface area contributed by atoms with Crippen LogP contribution < -0.4 is 5.32 Å². The highest BCUT2D eigenvalue weighted by molar-refractivity contribution is 7.15. The van der Waals surface area contributed by atoms with Crippen molar-refractivity contribution in [1.29, 1.82) is 0 Å². The molecule has 0 amide bonds. The summed E-state index contributed by atoms with van der Waals surface area (Å²) in [7, 11) is 2.01. The number of nitrogens with one attached hydrogen (secondary N) is 1. The van der Waals surface area contributed by atoms with Crippen molar-refractivity contribution >= 4 is 27.6 Å². The number of hydrogen-bond acceptors (Lipinski definition) is 4. The summed E-state index contributed by atoms with van der Waals surface area (Å²) in [6.07, 6.45) is 5.11. The smallest absolute Gasteiger partial charge is 0.193 e. The average Bonchev–Trinajstić information content (AvgIpc) is 3.00. The maximum atomic E-state index is 4.64. The first-order valence-electron chi connectivity index (χ1n) is 5.91. The van der Waals surface area contributed by atoms with Gasteiger partial charge < -0.3 is 5.32 Å². The van der Waals surface area contributed by atoms with E-state index in [1.807, 2.05) is 18.4 Å². The molecule has 3 rings (SSSR count). The standard InChI is InChI=1S/C13H15N3S2/c1-9-3-4-12(18-9)11(14-2)7-10-8-16-5-6-17-13(16)15-10/h3-6,8,11,14H,7H2,1-2H3. The molecule has 0 aliphatic rings. The Kier molecular flexibility index (Phi) is 3.20. The van der Waals surface area contributed by atoms with E-state index in [4.69, 9.17) is 0 Å². The highest BCUT2D eigenvalue weighted by atomic mass is 32.1. The van der Waals surface area contributed by atoms with Crippen molar-refractivity contribution in [3.8, 4) is 0 Å². The van der Waals surface area contributed by atoms with E-state index in [1.165, 1.54) is 9.75 Å². The van der Waals surface area contributed by atoms with Crippen LogP contribution in [-0.2, 0) is 6.42 Å². The predicted octanol–water partition coefficient (Wildman–Crippen LogP) is 3.27. The van der Waals surface area contributed by atoms with Crippen LogP contribution in [0, 0.1) is 6.92 Å². The molecule has 3 aromatic rings. The molecular formula is C13H15N3S2. The van der Waals surface area contributed by atoms with Crippen molar-refractivity contribution in [2.75, 3.05) is 7.05 Å². The lowest BCUT2D eigenvalue weighted by Crippen LogP contribution is -2.17. The van der Waals surface area contributed by atoms with Gasteiger partial charge in [-0.25, -0.2) is 4.98 Å². The summed E-state index contributed by atoms with van der Waals surface area (Å²) in [5, 5.41) is 5.44. The largest absolute Gasteiger partial charge is 0.312 e. The van der Waals surface area contributed by atoms with Crippen LogP contribution in [0.25, 0.3) is 4.96 Å². The average molecular weight is 277 g/mol. The van der Waals surface area contributed by atoms with Crippen molar-refractivity contribution in [2.45, 2.75) is 19.4 Å². The van der Waals surface area contributed by atoms with E-state index in [9.17, 15) is 0 Å². The van der Waals surface area contributed by atoms with Gasteiger partial charge >= 0.3 is 0 Å². The monoisotopic (exact) mass is 277 g/mol. The van der Waals surface area contributed by atoms with Crippen LogP contribution in [0.15, 0.2) is 29.9 Å². The minimum Gasteiger partial charge on any atom is -0.312 e. The molecule has 0 spiro atoms. The third-order valence-electron chi connectivity index (χ3n) is 3.01. The summed E-state index contributed by atoms with van der Waals surface area (Å²) in [5.41, 5.74) is 1.15. The van der Waals surface area contributed by atoms with Crippen molar-refractivity contribution < 1.29 is 0 Å². The molecule has 3 heterocycles. The van der Waals surface area contributed by atoms with Gasteiger partial charge in [0.25, 0.3) is 0 Å². The third-order valence-corrected chi connectivity index (χ3v) is 4.89.